The van der Waals surface area contributed by atoms with Crippen molar-refractivity contribution in [1.29, 1.82) is 0 Å². The highest BCUT2D eigenvalue weighted by Crippen LogP contribution is 2.30. The van der Waals surface area contributed by atoms with Gasteiger partial charge in [0.15, 0.2) is 0 Å². The number of hydrogen-bond donors (Lipinski definition) is 2. The van der Waals surface area contributed by atoms with Crippen molar-refractivity contribution in [2.24, 2.45) is 0 Å². The van der Waals surface area contributed by atoms with E-state index in [1.54, 1.807) is 0 Å². The van der Waals surface area contributed by atoms with E-state index in [4.69, 9.17) is 17.3 Å². The van der Waals surface area contributed by atoms with Gasteiger partial charge in [0.1, 0.15) is 5.82 Å². The molecule has 0 aliphatic heterocycles. The number of anilines is 3. The lowest BCUT2D eigenvalue weighted by molar-refractivity contribution is 0.629. The van der Waals surface area contributed by atoms with Crippen LogP contribution in [0.5, 0.6) is 0 Å². The Bertz CT molecular complexity index is 597. The van der Waals surface area contributed by atoms with Crippen molar-refractivity contribution < 1.29 is 4.39 Å². The smallest absolute Gasteiger partial charge is 0.143 e. The van der Waals surface area contributed by atoms with Crippen molar-refractivity contribution in [1.82, 2.24) is 0 Å². The van der Waals surface area contributed by atoms with Crippen LogP contribution in [0.15, 0.2) is 30.3 Å². The molecule has 2 aromatic carbocycles. The minimum absolute atomic E-state index is 0.0528. The van der Waals surface area contributed by atoms with Gasteiger partial charge in [-0.05, 0) is 37.1 Å². The molecule has 0 aromatic heterocycles. The van der Waals surface area contributed by atoms with Crippen LogP contribution in [-0.2, 0) is 0 Å². The van der Waals surface area contributed by atoms with Gasteiger partial charge < -0.3 is 11.1 Å². The Balaban J connectivity index is 2.40. The summed E-state index contributed by atoms with van der Waals surface area (Å²) in [6.45, 7) is 4.04. The van der Waals surface area contributed by atoms with E-state index in [2.05, 4.69) is 5.32 Å². The summed E-state index contributed by atoms with van der Waals surface area (Å²) in [6, 6.07) is 8.64. The molecule has 4 heteroatoms. The molecule has 0 spiro atoms. The molecule has 3 N–H and O–H groups in total. The average Bonchev–Trinajstić information content (AvgIpc) is 2.32. The number of rotatable bonds is 2. The van der Waals surface area contributed by atoms with Crippen LogP contribution >= 0.6 is 11.6 Å². The molecule has 0 radical (unpaired) electrons. The quantitative estimate of drug-likeness (QED) is 0.788. The topological polar surface area (TPSA) is 38.0 Å². The van der Waals surface area contributed by atoms with Gasteiger partial charge in [0.2, 0.25) is 0 Å². The van der Waals surface area contributed by atoms with Gasteiger partial charge in [-0.1, -0.05) is 23.7 Å². The lowest BCUT2D eigenvalue weighted by Crippen LogP contribution is -1.99. The maximum absolute atomic E-state index is 13.2. The molecular weight excluding hydrogens is 251 g/mol. The second kappa shape index (κ2) is 4.86. The summed E-state index contributed by atoms with van der Waals surface area (Å²) in [4.78, 5) is 0. The Hall–Kier alpha value is -1.74. The highest BCUT2D eigenvalue weighted by Gasteiger charge is 2.08. The van der Waals surface area contributed by atoms with Crippen molar-refractivity contribution in [3.05, 3.63) is 52.3 Å². The Morgan fingerprint density at radius 3 is 2.61 bits per heavy atom. The van der Waals surface area contributed by atoms with Crippen molar-refractivity contribution in [3.8, 4) is 0 Å². The van der Waals surface area contributed by atoms with E-state index in [1.807, 2.05) is 32.0 Å². The molecule has 2 nitrogen and oxygen atoms in total. The lowest BCUT2D eigenvalue weighted by atomic mass is 10.1. The monoisotopic (exact) mass is 264 g/mol. The molecule has 0 aliphatic carbocycles. The standard InChI is InChI=1S/C14H14ClFN2/c1-8-4-3-5-13(9(8)2)18-14-6-10(15)11(16)7-12(14)17/h3-7,18H,17H2,1-2H3. The highest BCUT2D eigenvalue weighted by molar-refractivity contribution is 6.31. The fraction of sp³-hybridized carbons (Fsp3) is 0.143. The fourth-order valence-corrected chi connectivity index (χ4v) is 1.87. The number of benzene rings is 2. The summed E-state index contributed by atoms with van der Waals surface area (Å²) >= 11 is 5.75. The van der Waals surface area contributed by atoms with Crippen LogP contribution in [0.3, 0.4) is 0 Å². The van der Waals surface area contributed by atoms with Crippen LogP contribution < -0.4 is 11.1 Å². The van der Waals surface area contributed by atoms with Crippen LogP contribution in [0.1, 0.15) is 11.1 Å². The van der Waals surface area contributed by atoms with Gasteiger partial charge in [-0.25, -0.2) is 4.39 Å². The van der Waals surface area contributed by atoms with E-state index in [9.17, 15) is 4.39 Å². The summed E-state index contributed by atoms with van der Waals surface area (Å²) in [7, 11) is 0. The van der Waals surface area contributed by atoms with Crippen LogP contribution in [0, 0.1) is 19.7 Å². The molecule has 0 fully saturated rings. The first-order valence-corrected chi connectivity index (χ1v) is 5.94. The van der Waals surface area contributed by atoms with Gasteiger partial charge in [-0.2, -0.15) is 0 Å². The first-order chi connectivity index (χ1) is 8.49. The molecule has 0 saturated carbocycles. The zero-order valence-electron chi connectivity index (χ0n) is 10.2. The first kappa shape index (κ1) is 12.7. The van der Waals surface area contributed by atoms with Crippen LogP contribution in [0.4, 0.5) is 21.5 Å². The Kier molecular flexibility index (Phi) is 3.43. The summed E-state index contributed by atoms with van der Waals surface area (Å²) in [5.74, 6) is -0.513. The number of nitrogens with one attached hydrogen (secondary N) is 1. The molecule has 0 amide bonds. The molecule has 0 atom stereocenters. The van der Waals surface area contributed by atoms with E-state index in [-0.39, 0.29) is 5.02 Å². The molecule has 2 aromatic rings. The molecule has 0 heterocycles. The Morgan fingerprint density at radius 1 is 1.17 bits per heavy atom. The molecule has 0 bridgehead atoms. The zero-order valence-corrected chi connectivity index (χ0v) is 11.0. The summed E-state index contributed by atoms with van der Waals surface area (Å²) in [6.07, 6.45) is 0. The van der Waals surface area contributed by atoms with Crippen molar-refractivity contribution in [2.75, 3.05) is 11.1 Å². The van der Waals surface area contributed by atoms with Crippen LogP contribution in [0.25, 0.3) is 0 Å². The summed E-state index contributed by atoms with van der Waals surface area (Å²) in [5, 5.41) is 3.23. The largest absolute Gasteiger partial charge is 0.397 e. The molecule has 0 aliphatic rings. The normalized spacial score (nSPS) is 10.4. The third-order valence-electron chi connectivity index (χ3n) is 2.97. The molecule has 18 heavy (non-hydrogen) atoms. The van der Waals surface area contributed by atoms with Crippen LogP contribution in [-0.4, -0.2) is 0 Å². The minimum atomic E-state index is -0.513. The molecule has 2 rings (SSSR count). The van der Waals surface area contributed by atoms with Gasteiger partial charge in [-0.3, -0.25) is 0 Å². The second-order valence-corrected chi connectivity index (χ2v) is 4.63. The Labute approximate surface area is 111 Å². The first-order valence-electron chi connectivity index (χ1n) is 5.57. The van der Waals surface area contributed by atoms with Crippen molar-refractivity contribution in [3.63, 3.8) is 0 Å². The zero-order chi connectivity index (χ0) is 13.3. The van der Waals surface area contributed by atoms with Crippen molar-refractivity contribution >= 4 is 28.7 Å². The summed E-state index contributed by atoms with van der Waals surface area (Å²) < 4.78 is 13.2. The van der Waals surface area contributed by atoms with Crippen LogP contribution in [0.2, 0.25) is 5.02 Å². The van der Waals surface area contributed by atoms with E-state index in [1.165, 1.54) is 17.7 Å². The predicted octanol–water partition coefficient (Wildman–Crippen LogP) is 4.42. The number of hydrogen-bond acceptors (Lipinski definition) is 2. The highest BCUT2D eigenvalue weighted by atomic mass is 35.5. The SMILES string of the molecule is Cc1cccc(Nc2cc(Cl)c(F)cc2N)c1C. The average molecular weight is 265 g/mol. The third-order valence-corrected chi connectivity index (χ3v) is 3.26. The van der Waals surface area contributed by atoms with Gasteiger partial charge in [0, 0.05) is 11.8 Å². The Morgan fingerprint density at radius 2 is 1.89 bits per heavy atom. The van der Waals surface area contributed by atoms with E-state index in [0.717, 1.165) is 11.3 Å². The van der Waals surface area contributed by atoms with Crippen molar-refractivity contribution in [2.45, 2.75) is 13.8 Å². The number of aryl methyl sites for hydroxylation is 1. The molecule has 94 valence electrons. The van der Waals surface area contributed by atoms with Gasteiger partial charge in [-0.15, -0.1) is 0 Å². The van der Waals surface area contributed by atoms with E-state index in [0.29, 0.717) is 11.4 Å². The van der Waals surface area contributed by atoms with E-state index >= 15 is 0 Å². The lowest BCUT2D eigenvalue weighted by Gasteiger charge is -2.13. The number of nitrogens with two attached hydrogens (primary N) is 1. The predicted molar refractivity (Wildman–Crippen MR) is 75.0 cm³/mol. The maximum Gasteiger partial charge on any atom is 0.143 e. The second-order valence-electron chi connectivity index (χ2n) is 4.23. The molecule has 0 unspecified atom stereocenters. The van der Waals surface area contributed by atoms with Gasteiger partial charge in [0.25, 0.3) is 0 Å². The third kappa shape index (κ3) is 2.41. The maximum atomic E-state index is 13.2. The molecular formula is C14H14ClFN2. The molecule has 0 saturated heterocycles. The van der Waals surface area contributed by atoms with Gasteiger partial charge in [0.05, 0.1) is 16.4 Å². The number of halogens is 2. The summed E-state index contributed by atoms with van der Waals surface area (Å²) in [5.41, 5.74) is 9.93. The minimum Gasteiger partial charge on any atom is -0.397 e. The number of nitrogen functional groups attached to an aromatic ring is 1. The fourth-order valence-electron chi connectivity index (χ4n) is 1.70. The van der Waals surface area contributed by atoms with Gasteiger partial charge >= 0.3 is 0 Å². The van der Waals surface area contributed by atoms with E-state index < -0.39 is 5.82 Å².